The molecular formula is C18H26N2O. The van der Waals surface area contributed by atoms with Crippen LogP contribution in [0.5, 0.6) is 0 Å². The van der Waals surface area contributed by atoms with Crippen molar-refractivity contribution < 1.29 is 4.79 Å². The van der Waals surface area contributed by atoms with Crippen LogP contribution in [-0.4, -0.2) is 22.9 Å². The van der Waals surface area contributed by atoms with Crippen LogP contribution in [0.1, 0.15) is 56.0 Å². The lowest BCUT2D eigenvalue weighted by Gasteiger charge is -2.31. The number of carbonyl (C=O) groups is 1. The largest absolute Gasteiger partial charge is 0.319 e. The lowest BCUT2D eigenvalue weighted by Crippen LogP contribution is -2.40. The Morgan fingerprint density at radius 2 is 2.05 bits per heavy atom. The van der Waals surface area contributed by atoms with Gasteiger partial charge in [-0.3, -0.25) is 10.1 Å². The van der Waals surface area contributed by atoms with Crippen LogP contribution >= 0.6 is 0 Å². The highest BCUT2D eigenvalue weighted by molar-refractivity contribution is 5.85. The number of amides is 1. The SMILES string of the molecule is CCC1NC(c2cc(C)ccc2C)N(C(C)C2CC2)C1=O. The highest BCUT2D eigenvalue weighted by atomic mass is 16.2. The molecule has 1 N–H and O–H groups in total. The first-order valence-electron chi connectivity index (χ1n) is 8.18. The summed E-state index contributed by atoms with van der Waals surface area (Å²) in [4.78, 5) is 14.9. The smallest absolute Gasteiger partial charge is 0.241 e. The average Bonchev–Trinajstić information content (AvgIpc) is 3.25. The van der Waals surface area contributed by atoms with Crippen LogP contribution in [0, 0.1) is 19.8 Å². The first-order chi connectivity index (χ1) is 10.0. The Hall–Kier alpha value is -1.35. The number of carbonyl (C=O) groups excluding carboxylic acids is 1. The third kappa shape index (κ3) is 2.59. The Morgan fingerprint density at radius 3 is 2.67 bits per heavy atom. The quantitative estimate of drug-likeness (QED) is 0.921. The second kappa shape index (κ2) is 5.45. The van der Waals surface area contributed by atoms with Crippen LogP contribution in [0.4, 0.5) is 0 Å². The number of hydrogen-bond acceptors (Lipinski definition) is 2. The van der Waals surface area contributed by atoms with Crippen molar-refractivity contribution in [1.29, 1.82) is 0 Å². The molecule has 1 aromatic carbocycles. The lowest BCUT2D eigenvalue weighted by molar-refractivity contribution is -0.132. The fraction of sp³-hybridized carbons (Fsp3) is 0.611. The van der Waals surface area contributed by atoms with Gasteiger partial charge >= 0.3 is 0 Å². The molecule has 1 heterocycles. The molecule has 3 rings (SSSR count). The average molecular weight is 286 g/mol. The first-order valence-corrected chi connectivity index (χ1v) is 8.18. The molecule has 0 aromatic heterocycles. The van der Waals surface area contributed by atoms with Gasteiger partial charge in [-0.25, -0.2) is 0 Å². The summed E-state index contributed by atoms with van der Waals surface area (Å²) in [5.41, 5.74) is 3.77. The monoisotopic (exact) mass is 286 g/mol. The van der Waals surface area contributed by atoms with Gasteiger partial charge in [0.2, 0.25) is 5.91 Å². The molecule has 1 saturated carbocycles. The molecule has 114 valence electrons. The fourth-order valence-corrected chi connectivity index (χ4v) is 3.48. The predicted molar refractivity (Wildman–Crippen MR) is 84.9 cm³/mol. The summed E-state index contributed by atoms with van der Waals surface area (Å²) < 4.78 is 0. The molecule has 1 aliphatic carbocycles. The van der Waals surface area contributed by atoms with E-state index in [0.717, 1.165) is 6.42 Å². The molecule has 0 radical (unpaired) electrons. The van der Waals surface area contributed by atoms with Crippen LogP contribution in [0.3, 0.4) is 0 Å². The molecule has 1 saturated heterocycles. The maximum atomic E-state index is 12.8. The molecule has 2 fully saturated rings. The number of nitrogens with one attached hydrogen (secondary N) is 1. The Labute approximate surface area is 127 Å². The minimum atomic E-state index is -0.0314. The minimum Gasteiger partial charge on any atom is -0.319 e. The van der Waals surface area contributed by atoms with Crippen molar-refractivity contribution in [3.8, 4) is 0 Å². The summed E-state index contributed by atoms with van der Waals surface area (Å²) in [6.45, 7) is 8.56. The van der Waals surface area contributed by atoms with E-state index in [2.05, 4.69) is 56.1 Å². The predicted octanol–water partition coefficient (Wildman–Crippen LogP) is 3.31. The van der Waals surface area contributed by atoms with E-state index in [0.29, 0.717) is 12.0 Å². The Bertz CT molecular complexity index is 550. The van der Waals surface area contributed by atoms with Crippen LogP contribution in [0.15, 0.2) is 18.2 Å². The molecule has 1 amide bonds. The first kappa shape index (κ1) is 14.6. The Kier molecular flexibility index (Phi) is 3.78. The molecule has 21 heavy (non-hydrogen) atoms. The molecule has 2 aliphatic rings. The molecule has 3 nitrogen and oxygen atoms in total. The molecule has 3 heteroatoms. The maximum Gasteiger partial charge on any atom is 0.241 e. The third-order valence-electron chi connectivity index (χ3n) is 5.07. The van der Waals surface area contributed by atoms with Crippen molar-refractivity contribution >= 4 is 5.91 Å². The van der Waals surface area contributed by atoms with Crippen LogP contribution in [-0.2, 0) is 4.79 Å². The molecule has 3 atom stereocenters. The summed E-state index contributed by atoms with van der Waals surface area (Å²) in [5.74, 6) is 0.974. The number of nitrogens with zero attached hydrogens (tertiary/aromatic N) is 1. The topological polar surface area (TPSA) is 32.3 Å². The van der Waals surface area contributed by atoms with Crippen molar-refractivity contribution in [2.75, 3.05) is 0 Å². The van der Waals surface area contributed by atoms with Gasteiger partial charge in [0, 0.05) is 6.04 Å². The highest BCUT2D eigenvalue weighted by Gasteiger charge is 2.45. The molecule has 0 bridgehead atoms. The zero-order valence-corrected chi connectivity index (χ0v) is 13.5. The van der Waals surface area contributed by atoms with Crippen molar-refractivity contribution in [3.63, 3.8) is 0 Å². The van der Waals surface area contributed by atoms with E-state index in [-0.39, 0.29) is 18.1 Å². The number of rotatable bonds is 4. The van der Waals surface area contributed by atoms with E-state index in [9.17, 15) is 4.79 Å². The molecular weight excluding hydrogens is 260 g/mol. The number of hydrogen-bond donors (Lipinski definition) is 1. The van der Waals surface area contributed by atoms with Crippen molar-refractivity contribution in [2.24, 2.45) is 5.92 Å². The van der Waals surface area contributed by atoms with E-state index in [1.165, 1.54) is 29.5 Å². The summed E-state index contributed by atoms with van der Waals surface area (Å²) in [6.07, 6.45) is 3.43. The normalized spacial score (nSPS) is 27.2. The summed E-state index contributed by atoms with van der Waals surface area (Å²) >= 11 is 0. The van der Waals surface area contributed by atoms with Crippen LogP contribution in [0.25, 0.3) is 0 Å². The summed E-state index contributed by atoms with van der Waals surface area (Å²) in [7, 11) is 0. The van der Waals surface area contributed by atoms with Gasteiger partial charge in [0.1, 0.15) is 6.17 Å². The minimum absolute atomic E-state index is 0.0314. The fourth-order valence-electron chi connectivity index (χ4n) is 3.48. The molecule has 1 aromatic rings. The number of benzene rings is 1. The van der Waals surface area contributed by atoms with E-state index < -0.39 is 0 Å². The summed E-state index contributed by atoms with van der Waals surface area (Å²) in [6, 6.07) is 6.84. The van der Waals surface area contributed by atoms with E-state index >= 15 is 0 Å². The Balaban J connectivity index is 1.97. The van der Waals surface area contributed by atoms with E-state index in [4.69, 9.17) is 0 Å². The molecule has 3 unspecified atom stereocenters. The van der Waals surface area contributed by atoms with Gasteiger partial charge in [-0.1, -0.05) is 30.7 Å². The van der Waals surface area contributed by atoms with Crippen molar-refractivity contribution in [2.45, 2.75) is 65.2 Å². The zero-order valence-electron chi connectivity index (χ0n) is 13.5. The molecule has 0 spiro atoms. The van der Waals surface area contributed by atoms with Crippen LogP contribution in [0.2, 0.25) is 0 Å². The van der Waals surface area contributed by atoms with Crippen molar-refractivity contribution in [1.82, 2.24) is 10.2 Å². The van der Waals surface area contributed by atoms with Crippen molar-refractivity contribution in [3.05, 3.63) is 34.9 Å². The second-order valence-electron chi connectivity index (χ2n) is 6.71. The maximum absolute atomic E-state index is 12.8. The third-order valence-corrected chi connectivity index (χ3v) is 5.07. The lowest BCUT2D eigenvalue weighted by atomic mass is 10.0. The van der Waals surface area contributed by atoms with Gasteiger partial charge < -0.3 is 4.90 Å². The standard InChI is InChI=1S/C18H26N2O/c1-5-16-18(21)20(13(4)14-8-9-14)17(19-16)15-10-11(2)6-7-12(15)3/h6-7,10,13-14,16-17,19H,5,8-9H2,1-4H3. The van der Waals surface area contributed by atoms with E-state index in [1.807, 2.05) is 0 Å². The number of aryl methyl sites for hydroxylation is 2. The second-order valence-corrected chi connectivity index (χ2v) is 6.71. The van der Waals surface area contributed by atoms with Gasteiger partial charge in [0.25, 0.3) is 0 Å². The van der Waals surface area contributed by atoms with Gasteiger partial charge in [-0.2, -0.15) is 0 Å². The summed E-state index contributed by atoms with van der Waals surface area (Å²) in [5, 5.41) is 3.56. The molecule has 1 aliphatic heterocycles. The van der Waals surface area contributed by atoms with E-state index in [1.54, 1.807) is 0 Å². The highest BCUT2D eigenvalue weighted by Crippen LogP contribution is 2.40. The van der Waals surface area contributed by atoms with Gasteiger partial charge in [0.15, 0.2) is 0 Å². The van der Waals surface area contributed by atoms with Gasteiger partial charge in [-0.05, 0) is 57.1 Å². The van der Waals surface area contributed by atoms with Gasteiger partial charge in [0.05, 0.1) is 6.04 Å². The van der Waals surface area contributed by atoms with Gasteiger partial charge in [-0.15, -0.1) is 0 Å². The Morgan fingerprint density at radius 1 is 1.33 bits per heavy atom. The zero-order chi connectivity index (χ0) is 15.1. The van der Waals surface area contributed by atoms with Crippen LogP contribution < -0.4 is 5.32 Å².